The number of halogens is 2. The molecule has 0 saturated heterocycles. The number of aryl methyl sites for hydroxylation is 1. The van der Waals surface area contributed by atoms with E-state index in [1.165, 1.54) is 56.1 Å². The van der Waals surface area contributed by atoms with Crippen molar-refractivity contribution >= 4 is 0 Å². The highest BCUT2D eigenvalue weighted by Gasteiger charge is 2.10. The van der Waals surface area contributed by atoms with E-state index in [4.69, 9.17) is 0 Å². The fourth-order valence-electron chi connectivity index (χ4n) is 3.96. The molecule has 3 aromatic rings. The van der Waals surface area contributed by atoms with E-state index in [0.29, 0.717) is 0 Å². The van der Waals surface area contributed by atoms with Crippen LogP contribution >= 0.6 is 0 Å². The second kappa shape index (κ2) is 12.2. The van der Waals surface area contributed by atoms with E-state index in [1.807, 2.05) is 30.3 Å². The van der Waals surface area contributed by atoms with Crippen molar-refractivity contribution in [2.75, 3.05) is 0 Å². The zero-order valence-corrected chi connectivity index (χ0v) is 18.3. The lowest BCUT2D eigenvalue weighted by Crippen LogP contribution is -2.01. The summed E-state index contributed by atoms with van der Waals surface area (Å²) in [5, 5.41) is 0. The third-order valence-electron chi connectivity index (χ3n) is 5.63. The Morgan fingerprint density at radius 2 is 1.32 bits per heavy atom. The normalized spacial score (nSPS) is 11.1. The molecule has 0 saturated carbocycles. The van der Waals surface area contributed by atoms with Crippen molar-refractivity contribution in [3.05, 3.63) is 78.4 Å². The van der Waals surface area contributed by atoms with Crippen LogP contribution in [0.25, 0.3) is 22.3 Å². The average Bonchev–Trinajstić information content (AvgIpc) is 2.79. The summed E-state index contributed by atoms with van der Waals surface area (Å²) < 4.78 is 29.4. The fourth-order valence-corrected chi connectivity index (χ4v) is 3.96. The molecule has 0 heterocycles. The van der Waals surface area contributed by atoms with E-state index in [2.05, 4.69) is 42.0 Å². The number of ether oxygens (including phenoxy) is 1. The van der Waals surface area contributed by atoms with Gasteiger partial charge in [0.05, 0.1) is 0 Å². The first-order valence-corrected chi connectivity index (χ1v) is 11.4. The largest absolute Gasteiger partial charge is 0.435 e. The van der Waals surface area contributed by atoms with Gasteiger partial charge in [-0.05, 0) is 52.8 Å². The number of unbranched alkanes of at least 4 members (excludes halogenated alkanes) is 6. The van der Waals surface area contributed by atoms with Gasteiger partial charge in [-0.25, -0.2) is 0 Å². The van der Waals surface area contributed by atoms with Crippen molar-refractivity contribution in [2.24, 2.45) is 0 Å². The minimum absolute atomic E-state index is 0.176. The molecule has 1 nitrogen and oxygen atoms in total. The van der Waals surface area contributed by atoms with Crippen molar-refractivity contribution in [3.63, 3.8) is 0 Å². The molecule has 0 radical (unpaired) electrons. The van der Waals surface area contributed by atoms with Gasteiger partial charge in [0.2, 0.25) is 0 Å². The van der Waals surface area contributed by atoms with Crippen LogP contribution in [0.15, 0.2) is 72.8 Å². The van der Waals surface area contributed by atoms with E-state index >= 15 is 0 Å². The number of hydrogen-bond donors (Lipinski definition) is 0. The second-order valence-electron chi connectivity index (χ2n) is 8.02. The Bertz CT molecular complexity index is 904. The molecule has 31 heavy (non-hydrogen) atoms. The predicted molar refractivity (Wildman–Crippen MR) is 126 cm³/mol. The molecule has 0 aromatic heterocycles. The Balaban J connectivity index is 1.75. The summed E-state index contributed by atoms with van der Waals surface area (Å²) in [5.74, 6) is 0.176. The molecule has 0 amide bonds. The molecule has 0 N–H and O–H groups in total. The predicted octanol–water partition coefficient (Wildman–Crippen LogP) is 8.92. The van der Waals surface area contributed by atoms with Gasteiger partial charge in [-0.1, -0.05) is 106 Å². The minimum atomic E-state index is -2.81. The Morgan fingerprint density at radius 1 is 0.677 bits per heavy atom. The Kier molecular flexibility index (Phi) is 9.08. The molecule has 3 aromatic carbocycles. The van der Waals surface area contributed by atoms with Gasteiger partial charge in [0.1, 0.15) is 5.75 Å². The summed E-state index contributed by atoms with van der Waals surface area (Å²) >= 11 is 0. The molecule has 0 fully saturated rings. The molecule has 164 valence electrons. The third-order valence-corrected chi connectivity index (χ3v) is 5.63. The van der Waals surface area contributed by atoms with Crippen LogP contribution in [-0.4, -0.2) is 6.61 Å². The van der Waals surface area contributed by atoms with Gasteiger partial charge in [0, 0.05) is 0 Å². The highest BCUT2D eigenvalue weighted by atomic mass is 19.3. The minimum Gasteiger partial charge on any atom is -0.435 e. The lowest BCUT2D eigenvalue weighted by atomic mass is 9.91. The van der Waals surface area contributed by atoms with Gasteiger partial charge < -0.3 is 4.74 Å². The van der Waals surface area contributed by atoms with Gasteiger partial charge in [-0.15, -0.1) is 0 Å². The van der Waals surface area contributed by atoms with Gasteiger partial charge >= 0.3 is 6.61 Å². The van der Waals surface area contributed by atoms with Gasteiger partial charge in [0.25, 0.3) is 0 Å². The molecule has 3 rings (SSSR count). The SMILES string of the molecule is CCCCCCCCCc1ccc(-c2ccc(OC(F)F)cc2)c(-c2ccccc2)c1. The van der Waals surface area contributed by atoms with Gasteiger partial charge in [-0.2, -0.15) is 8.78 Å². The van der Waals surface area contributed by atoms with E-state index in [1.54, 1.807) is 12.1 Å². The second-order valence-corrected chi connectivity index (χ2v) is 8.02. The third kappa shape index (κ3) is 7.20. The van der Waals surface area contributed by atoms with Crippen LogP contribution < -0.4 is 4.74 Å². The van der Waals surface area contributed by atoms with Crippen LogP contribution in [-0.2, 0) is 6.42 Å². The first-order valence-electron chi connectivity index (χ1n) is 11.4. The molecular formula is C28H32F2O. The molecule has 3 heteroatoms. The average molecular weight is 423 g/mol. The van der Waals surface area contributed by atoms with Crippen molar-refractivity contribution in [3.8, 4) is 28.0 Å². The van der Waals surface area contributed by atoms with Crippen LogP contribution in [0.2, 0.25) is 0 Å². The molecule has 0 atom stereocenters. The fraction of sp³-hybridized carbons (Fsp3) is 0.357. The summed E-state index contributed by atoms with van der Waals surface area (Å²) in [4.78, 5) is 0. The zero-order chi connectivity index (χ0) is 21.9. The van der Waals surface area contributed by atoms with Crippen LogP contribution in [0, 0.1) is 0 Å². The van der Waals surface area contributed by atoms with E-state index in [9.17, 15) is 8.78 Å². The Morgan fingerprint density at radius 3 is 2.00 bits per heavy atom. The smallest absolute Gasteiger partial charge is 0.387 e. The monoisotopic (exact) mass is 422 g/mol. The summed E-state index contributed by atoms with van der Waals surface area (Å²) in [5.41, 5.74) is 5.75. The summed E-state index contributed by atoms with van der Waals surface area (Å²) in [6.07, 6.45) is 10.2. The molecule has 0 spiro atoms. The highest BCUT2D eigenvalue weighted by Crippen LogP contribution is 2.34. The first-order chi connectivity index (χ1) is 15.2. The maximum absolute atomic E-state index is 12.5. The number of rotatable bonds is 12. The molecular weight excluding hydrogens is 390 g/mol. The Labute approximate surface area is 185 Å². The van der Waals surface area contributed by atoms with Crippen molar-refractivity contribution in [1.82, 2.24) is 0 Å². The quantitative estimate of drug-likeness (QED) is 0.265. The van der Waals surface area contributed by atoms with Crippen LogP contribution in [0.1, 0.15) is 57.4 Å². The topological polar surface area (TPSA) is 9.23 Å². The lowest BCUT2D eigenvalue weighted by Gasteiger charge is -2.14. The number of benzene rings is 3. The van der Waals surface area contributed by atoms with Gasteiger partial charge in [-0.3, -0.25) is 0 Å². The molecule has 0 aliphatic heterocycles. The summed E-state index contributed by atoms with van der Waals surface area (Å²) in [6.45, 7) is -0.559. The summed E-state index contributed by atoms with van der Waals surface area (Å²) in [7, 11) is 0. The van der Waals surface area contributed by atoms with Crippen LogP contribution in [0.3, 0.4) is 0 Å². The molecule has 0 aliphatic rings. The standard InChI is InChI=1S/C28H32F2O/c1-2-3-4-5-6-7-9-12-22-15-20-26(27(21-22)23-13-10-8-11-14-23)24-16-18-25(19-17-24)31-28(29)30/h8,10-11,13-21,28H,2-7,9,12H2,1H3. The Hall–Kier alpha value is -2.68. The maximum atomic E-state index is 12.5. The van der Waals surface area contributed by atoms with Crippen molar-refractivity contribution < 1.29 is 13.5 Å². The molecule has 0 unspecified atom stereocenters. The first kappa shape index (κ1) is 23.0. The molecule has 0 aliphatic carbocycles. The van der Waals surface area contributed by atoms with Crippen molar-refractivity contribution in [1.29, 1.82) is 0 Å². The molecule has 0 bridgehead atoms. The van der Waals surface area contributed by atoms with Gasteiger partial charge in [0.15, 0.2) is 0 Å². The highest BCUT2D eigenvalue weighted by molar-refractivity contribution is 5.84. The zero-order valence-electron chi connectivity index (χ0n) is 18.3. The van der Waals surface area contributed by atoms with Crippen LogP contribution in [0.5, 0.6) is 5.75 Å². The number of alkyl halides is 2. The van der Waals surface area contributed by atoms with Crippen molar-refractivity contribution in [2.45, 2.75) is 64.9 Å². The lowest BCUT2D eigenvalue weighted by molar-refractivity contribution is -0.0498. The van der Waals surface area contributed by atoms with Crippen LogP contribution in [0.4, 0.5) is 8.78 Å². The van der Waals surface area contributed by atoms with E-state index in [0.717, 1.165) is 23.1 Å². The van der Waals surface area contributed by atoms with E-state index < -0.39 is 6.61 Å². The van der Waals surface area contributed by atoms with E-state index in [-0.39, 0.29) is 5.75 Å². The maximum Gasteiger partial charge on any atom is 0.387 e. The number of hydrogen-bond acceptors (Lipinski definition) is 1. The summed E-state index contributed by atoms with van der Waals surface area (Å²) in [6, 6.07) is 23.9.